The SMILES string of the molecule is C=C1C=CN(C(C)(C)C)C(=O)N1C(C)C. The van der Waals surface area contributed by atoms with E-state index in [1.807, 2.05) is 46.9 Å². The number of urea groups is 1. The lowest BCUT2D eigenvalue weighted by molar-refractivity contribution is 0.136. The Labute approximate surface area is 92.0 Å². The summed E-state index contributed by atoms with van der Waals surface area (Å²) in [5, 5.41) is 0. The molecule has 1 aliphatic rings. The van der Waals surface area contributed by atoms with Gasteiger partial charge in [0.05, 0.1) is 0 Å². The Morgan fingerprint density at radius 2 is 1.87 bits per heavy atom. The summed E-state index contributed by atoms with van der Waals surface area (Å²) in [6, 6.07) is 0.143. The van der Waals surface area contributed by atoms with Crippen LogP contribution in [0.25, 0.3) is 0 Å². The Kier molecular flexibility index (Phi) is 2.93. The molecule has 1 heterocycles. The van der Waals surface area contributed by atoms with Crippen LogP contribution in [-0.4, -0.2) is 27.4 Å². The smallest absolute Gasteiger partial charge is 0.295 e. The topological polar surface area (TPSA) is 23.6 Å². The second-order valence-corrected chi connectivity index (χ2v) is 5.09. The van der Waals surface area contributed by atoms with Crippen molar-refractivity contribution in [3.63, 3.8) is 0 Å². The molecule has 0 saturated carbocycles. The molecule has 2 amide bonds. The maximum atomic E-state index is 12.2. The van der Waals surface area contributed by atoms with E-state index in [4.69, 9.17) is 0 Å². The Hall–Kier alpha value is -1.25. The van der Waals surface area contributed by atoms with E-state index in [0.717, 1.165) is 5.70 Å². The van der Waals surface area contributed by atoms with Crippen LogP contribution < -0.4 is 0 Å². The van der Waals surface area contributed by atoms with E-state index >= 15 is 0 Å². The Bertz CT molecular complexity index is 310. The summed E-state index contributed by atoms with van der Waals surface area (Å²) in [5.74, 6) is 0. The molecule has 0 aromatic heterocycles. The molecule has 0 fully saturated rings. The molecule has 0 N–H and O–H groups in total. The van der Waals surface area contributed by atoms with Gasteiger partial charge in [-0.3, -0.25) is 9.80 Å². The lowest BCUT2D eigenvalue weighted by Gasteiger charge is -2.41. The molecule has 3 heteroatoms. The van der Waals surface area contributed by atoms with Crippen molar-refractivity contribution < 1.29 is 4.79 Å². The first kappa shape index (κ1) is 11.8. The van der Waals surface area contributed by atoms with Crippen LogP contribution in [0.2, 0.25) is 0 Å². The maximum Gasteiger partial charge on any atom is 0.329 e. The Morgan fingerprint density at radius 3 is 2.27 bits per heavy atom. The summed E-state index contributed by atoms with van der Waals surface area (Å²) in [4.78, 5) is 15.6. The van der Waals surface area contributed by atoms with Crippen molar-refractivity contribution in [3.05, 3.63) is 24.6 Å². The summed E-state index contributed by atoms with van der Waals surface area (Å²) >= 11 is 0. The molecular weight excluding hydrogens is 188 g/mol. The van der Waals surface area contributed by atoms with Gasteiger partial charge in [-0.1, -0.05) is 6.58 Å². The van der Waals surface area contributed by atoms with Gasteiger partial charge >= 0.3 is 6.03 Å². The van der Waals surface area contributed by atoms with Crippen LogP contribution in [0.3, 0.4) is 0 Å². The minimum absolute atomic E-state index is 0.00463. The average molecular weight is 208 g/mol. The number of allylic oxidation sites excluding steroid dienone is 1. The first-order valence-corrected chi connectivity index (χ1v) is 5.25. The van der Waals surface area contributed by atoms with Crippen LogP contribution >= 0.6 is 0 Å². The van der Waals surface area contributed by atoms with Crippen molar-refractivity contribution in [2.75, 3.05) is 0 Å². The fourth-order valence-electron chi connectivity index (χ4n) is 1.61. The van der Waals surface area contributed by atoms with Crippen LogP contribution in [0.15, 0.2) is 24.6 Å². The average Bonchev–Trinajstić information content (AvgIpc) is 2.00. The number of rotatable bonds is 1. The number of carbonyl (C=O) groups is 1. The number of nitrogens with zero attached hydrogens (tertiary/aromatic N) is 2. The van der Waals surface area contributed by atoms with Crippen molar-refractivity contribution >= 4 is 6.03 Å². The zero-order valence-electron chi connectivity index (χ0n) is 10.2. The van der Waals surface area contributed by atoms with Gasteiger partial charge in [0, 0.05) is 23.5 Å². The third-order valence-electron chi connectivity index (χ3n) is 2.38. The molecule has 0 aliphatic carbocycles. The van der Waals surface area contributed by atoms with E-state index in [0.29, 0.717) is 0 Å². The van der Waals surface area contributed by atoms with Gasteiger partial charge in [0.2, 0.25) is 0 Å². The highest BCUT2D eigenvalue weighted by molar-refractivity contribution is 5.80. The minimum atomic E-state index is -0.193. The first-order chi connectivity index (χ1) is 6.75. The normalized spacial score (nSPS) is 18.0. The van der Waals surface area contributed by atoms with Gasteiger partial charge in [-0.15, -0.1) is 0 Å². The molecule has 0 atom stereocenters. The summed E-state index contributed by atoms with van der Waals surface area (Å²) in [6.45, 7) is 13.9. The van der Waals surface area contributed by atoms with Crippen LogP contribution in [0.1, 0.15) is 34.6 Å². The molecule has 0 radical (unpaired) electrons. The second kappa shape index (κ2) is 3.72. The van der Waals surface area contributed by atoms with Gasteiger partial charge in [0.25, 0.3) is 0 Å². The van der Waals surface area contributed by atoms with E-state index in [1.165, 1.54) is 0 Å². The van der Waals surface area contributed by atoms with E-state index < -0.39 is 0 Å². The van der Waals surface area contributed by atoms with Crippen molar-refractivity contribution in [2.24, 2.45) is 0 Å². The lowest BCUT2D eigenvalue weighted by Crippen LogP contribution is -2.52. The van der Waals surface area contributed by atoms with E-state index in [2.05, 4.69) is 6.58 Å². The van der Waals surface area contributed by atoms with Crippen molar-refractivity contribution in [2.45, 2.75) is 46.2 Å². The van der Waals surface area contributed by atoms with Gasteiger partial charge in [-0.25, -0.2) is 4.79 Å². The molecule has 15 heavy (non-hydrogen) atoms. The number of amides is 2. The van der Waals surface area contributed by atoms with Gasteiger partial charge < -0.3 is 0 Å². The molecule has 0 aromatic rings. The molecule has 0 spiro atoms. The van der Waals surface area contributed by atoms with Gasteiger partial charge in [0.1, 0.15) is 0 Å². The Balaban J connectivity index is 3.04. The first-order valence-electron chi connectivity index (χ1n) is 5.25. The number of hydrogen-bond donors (Lipinski definition) is 0. The molecule has 84 valence electrons. The zero-order chi connectivity index (χ0) is 11.8. The highest BCUT2D eigenvalue weighted by atomic mass is 16.2. The van der Waals surface area contributed by atoms with Crippen LogP contribution in [-0.2, 0) is 0 Å². The third-order valence-corrected chi connectivity index (χ3v) is 2.38. The quantitative estimate of drug-likeness (QED) is 0.650. The highest BCUT2D eigenvalue weighted by Gasteiger charge is 2.33. The molecular formula is C12H20N2O. The monoisotopic (exact) mass is 208 g/mol. The predicted octanol–water partition coefficient (Wildman–Crippen LogP) is 2.96. The fraction of sp³-hybridized carbons (Fsp3) is 0.583. The minimum Gasteiger partial charge on any atom is -0.295 e. The fourth-order valence-corrected chi connectivity index (χ4v) is 1.61. The summed E-state index contributed by atoms with van der Waals surface area (Å²) in [6.07, 6.45) is 3.69. The second-order valence-electron chi connectivity index (χ2n) is 5.09. The molecule has 1 aliphatic heterocycles. The van der Waals surface area contributed by atoms with E-state index in [9.17, 15) is 4.79 Å². The summed E-state index contributed by atoms with van der Waals surface area (Å²) < 4.78 is 0. The molecule has 0 bridgehead atoms. The summed E-state index contributed by atoms with van der Waals surface area (Å²) in [5.41, 5.74) is 0.567. The third kappa shape index (κ3) is 2.22. The van der Waals surface area contributed by atoms with Crippen molar-refractivity contribution in [1.82, 2.24) is 9.80 Å². The number of hydrogen-bond acceptors (Lipinski definition) is 1. The van der Waals surface area contributed by atoms with Crippen LogP contribution in [0.4, 0.5) is 4.79 Å². The predicted molar refractivity (Wildman–Crippen MR) is 62.2 cm³/mol. The molecule has 0 saturated heterocycles. The largest absolute Gasteiger partial charge is 0.329 e. The summed E-state index contributed by atoms with van der Waals surface area (Å²) in [7, 11) is 0. The maximum absolute atomic E-state index is 12.2. The standard InChI is InChI=1S/C12H20N2O/c1-9(2)14-10(3)7-8-13(11(14)15)12(4,5)6/h7-9H,3H2,1-2,4-6H3. The molecule has 0 aromatic carbocycles. The zero-order valence-corrected chi connectivity index (χ0v) is 10.2. The van der Waals surface area contributed by atoms with Gasteiger partial charge in [0.15, 0.2) is 0 Å². The number of carbonyl (C=O) groups excluding carboxylic acids is 1. The lowest BCUT2D eigenvalue weighted by atomic mass is 10.1. The molecule has 1 rings (SSSR count). The van der Waals surface area contributed by atoms with E-state index in [1.54, 1.807) is 9.80 Å². The van der Waals surface area contributed by atoms with Crippen molar-refractivity contribution in [3.8, 4) is 0 Å². The van der Waals surface area contributed by atoms with Gasteiger partial charge in [-0.05, 0) is 40.7 Å². The van der Waals surface area contributed by atoms with Gasteiger partial charge in [-0.2, -0.15) is 0 Å². The Morgan fingerprint density at radius 1 is 1.33 bits per heavy atom. The van der Waals surface area contributed by atoms with Crippen molar-refractivity contribution in [1.29, 1.82) is 0 Å². The molecule has 3 nitrogen and oxygen atoms in total. The van der Waals surface area contributed by atoms with Crippen LogP contribution in [0.5, 0.6) is 0 Å². The van der Waals surface area contributed by atoms with Crippen LogP contribution in [0, 0.1) is 0 Å². The molecule has 0 unspecified atom stereocenters. The highest BCUT2D eigenvalue weighted by Crippen LogP contribution is 2.24. The van der Waals surface area contributed by atoms with E-state index in [-0.39, 0.29) is 17.6 Å².